The van der Waals surface area contributed by atoms with Crippen molar-refractivity contribution < 1.29 is 13.3 Å². The van der Waals surface area contributed by atoms with E-state index in [9.17, 15) is 18.5 Å². The molecule has 0 aromatic carbocycles. The molecule has 114 valence electrons. The molecule has 0 radical (unpaired) electrons. The lowest BCUT2D eigenvalue weighted by Crippen LogP contribution is -2.34. The summed E-state index contributed by atoms with van der Waals surface area (Å²) >= 11 is 0.742. The third kappa shape index (κ3) is 3.66. The number of anilines is 1. The van der Waals surface area contributed by atoms with Gasteiger partial charge in [0.1, 0.15) is 4.21 Å². The highest BCUT2D eigenvalue weighted by molar-refractivity contribution is 7.91. The van der Waals surface area contributed by atoms with E-state index in [0.717, 1.165) is 17.4 Å². The van der Waals surface area contributed by atoms with E-state index in [1.807, 2.05) is 20.8 Å². The highest BCUT2D eigenvalue weighted by Gasteiger charge is 2.30. The smallest absolute Gasteiger partial charge is 0.306 e. The van der Waals surface area contributed by atoms with Gasteiger partial charge in [-0.25, -0.2) is 14.3 Å². The molecule has 0 aliphatic rings. The quantitative estimate of drug-likeness (QED) is 0.483. The molecule has 8 nitrogen and oxygen atoms in total. The van der Waals surface area contributed by atoms with Crippen LogP contribution in [0.2, 0.25) is 0 Å². The van der Waals surface area contributed by atoms with E-state index in [-0.39, 0.29) is 20.3 Å². The summed E-state index contributed by atoms with van der Waals surface area (Å²) in [6, 6.07) is 1.02. The normalized spacial score (nSPS) is 12.7. The van der Waals surface area contributed by atoms with Gasteiger partial charge in [0.25, 0.3) is 10.0 Å². The molecular weight excluding hydrogens is 304 g/mol. The van der Waals surface area contributed by atoms with Crippen LogP contribution in [0.3, 0.4) is 0 Å². The van der Waals surface area contributed by atoms with Gasteiger partial charge in [0.2, 0.25) is 0 Å². The monoisotopic (exact) mass is 322 g/mol. The van der Waals surface area contributed by atoms with E-state index in [0.29, 0.717) is 6.54 Å². The van der Waals surface area contributed by atoms with Gasteiger partial charge in [0, 0.05) is 19.7 Å². The van der Waals surface area contributed by atoms with Crippen molar-refractivity contribution in [2.75, 3.05) is 19.0 Å². The Morgan fingerprint density at radius 3 is 2.40 bits per heavy atom. The zero-order chi connectivity index (χ0) is 15.7. The number of nitrogens with one attached hydrogen (secondary N) is 1. The first-order chi connectivity index (χ1) is 8.99. The van der Waals surface area contributed by atoms with Crippen LogP contribution in [0.4, 0.5) is 10.7 Å². The Hall–Kier alpha value is -1.23. The fourth-order valence-corrected chi connectivity index (χ4v) is 4.48. The molecule has 20 heavy (non-hydrogen) atoms. The van der Waals surface area contributed by atoms with Crippen molar-refractivity contribution in [1.29, 1.82) is 0 Å². The summed E-state index contributed by atoms with van der Waals surface area (Å²) in [7, 11) is -2.32. The zero-order valence-corrected chi connectivity index (χ0v) is 13.3. The first kappa shape index (κ1) is 16.8. The minimum absolute atomic E-state index is 0.0118. The predicted molar refractivity (Wildman–Crippen MR) is 78.1 cm³/mol. The summed E-state index contributed by atoms with van der Waals surface area (Å²) in [6.45, 7) is 6.01. The van der Waals surface area contributed by atoms with Crippen molar-refractivity contribution in [3.8, 4) is 0 Å². The molecular formula is C10H18N4O4S2. The largest absolute Gasteiger partial charge is 0.310 e. The summed E-state index contributed by atoms with van der Waals surface area (Å²) < 4.78 is 25.8. The second kappa shape index (κ2) is 5.64. The summed E-state index contributed by atoms with van der Waals surface area (Å²) in [5.74, 6) is 5.17. The topological polar surface area (TPSA) is 119 Å². The lowest BCUT2D eigenvalue weighted by molar-refractivity contribution is -0.383. The first-order valence-electron chi connectivity index (χ1n) is 5.70. The SMILES string of the molecule is CN(CC(C)(C)C)S(=O)(=O)c1cc([N+](=O)[O-])c(NN)s1. The number of nitrogens with two attached hydrogens (primary N) is 1. The molecule has 10 heteroatoms. The number of hydrogen-bond donors (Lipinski definition) is 2. The minimum Gasteiger partial charge on any atom is -0.310 e. The standard InChI is InChI=1S/C10H18N4O4S2/c1-10(2,3)6-13(4)20(17,18)8-5-7(14(15)16)9(12-11)19-8/h5,12H,6,11H2,1-4H3. The van der Waals surface area contributed by atoms with Crippen molar-refractivity contribution in [3.05, 3.63) is 16.2 Å². The fraction of sp³-hybridized carbons (Fsp3) is 0.600. The Kier molecular flexibility index (Phi) is 4.74. The summed E-state index contributed by atoms with van der Waals surface area (Å²) in [5, 5.41) is 10.8. The maximum atomic E-state index is 12.4. The van der Waals surface area contributed by atoms with Gasteiger partial charge in [0.15, 0.2) is 5.00 Å². The van der Waals surface area contributed by atoms with Crippen molar-refractivity contribution >= 4 is 32.0 Å². The van der Waals surface area contributed by atoms with Crippen LogP contribution in [-0.2, 0) is 10.0 Å². The van der Waals surface area contributed by atoms with Gasteiger partial charge in [-0.05, 0) is 5.41 Å². The van der Waals surface area contributed by atoms with Crippen LogP contribution in [-0.4, -0.2) is 31.2 Å². The Bertz CT molecular complexity index is 603. The zero-order valence-electron chi connectivity index (χ0n) is 11.7. The number of thiophene rings is 1. The van der Waals surface area contributed by atoms with Gasteiger partial charge in [0.05, 0.1) is 4.92 Å². The lowest BCUT2D eigenvalue weighted by atomic mass is 9.97. The van der Waals surface area contributed by atoms with Crippen LogP contribution in [0.25, 0.3) is 0 Å². The highest BCUT2D eigenvalue weighted by Crippen LogP contribution is 2.37. The van der Waals surface area contributed by atoms with Gasteiger partial charge in [-0.1, -0.05) is 32.1 Å². The van der Waals surface area contributed by atoms with Gasteiger partial charge >= 0.3 is 5.69 Å². The van der Waals surface area contributed by atoms with E-state index in [1.165, 1.54) is 11.4 Å². The van der Waals surface area contributed by atoms with E-state index in [1.54, 1.807) is 0 Å². The summed E-state index contributed by atoms with van der Waals surface area (Å²) in [4.78, 5) is 10.2. The third-order valence-corrected chi connectivity index (χ3v) is 5.69. The Balaban J connectivity index is 3.19. The molecule has 0 atom stereocenters. The molecule has 0 unspecified atom stereocenters. The molecule has 0 aliphatic carbocycles. The maximum absolute atomic E-state index is 12.4. The number of nitro groups is 1. The van der Waals surface area contributed by atoms with E-state index in [4.69, 9.17) is 5.84 Å². The molecule has 0 saturated heterocycles. The summed E-state index contributed by atoms with van der Waals surface area (Å²) in [6.07, 6.45) is 0. The van der Waals surface area contributed by atoms with Crippen LogP contribution >= 0.6 is 11.3 Å². The first-order valence-corrected chi connectivity index (χ1v) is 7.96. The Morgan fingerprint density at radius 2 is 2.05 bits per heavy atom. The number of hydrazine groups is 1. The molecule has 3 N–H and O–H groups in total. The van der Waals surface area contributed by atoms with Gasteiger partial charge in [-0.2, -0.15) is 4.31 Å². The number of hydrogen-bond acceptors (Lipinski definition) is 7. The number of rotatable bonds is 5. The van der Waals surface area contributed by atoms with Gasteiger partial charge in [-0.15, -0.1) is 0 Å². The fourth-order valence-electron chi connectivity index (χ4n) is 1.63. The van der Waals surface area contributed by atoms with E-state index in [2.05, 4.69) is 5.43 Å². The number of sulfonamides is 1. The van der Waals surface area contributed by atoms with Crippen LogP contribution in [0.15, 0.2) is 10.3 Å². The van der Waals surface area contributed by atoms with E-state index >= 15 is 0 Å². The van der Waals surface area contributed by atoms with Crippen LogP contribution < -0.4 is 11.3 Å². The molecule has 1 aromatic heterocycles. The second-order valence-electron chi connectivity index (χ2n) is 5.50. The van der Waals surface area contributed by atoms with Crippen molar-refractivity contribution in [2.45, 2.75) is 25.0 Å². The molecule has 0 saturated carbocycles. The molecule has 0 aliphatic heterocycles. The predicted octanol–water partition coefficient (Wildman–Crippen LogP) is 1.61. The second-order valence-corrected chi connectivity index (χ2v) is 8.83. The van der Waals surface area contributed by atoms with Crippen LogP contribution in [0.1, 0.15) is 20.8 Å². The average Bonchev–Trinajstić information content (AvgIpc) is 2.70. The molecule has 1 heterocycles. The summed E-state index contributed by atoms with van der Waals surface area (Å²) in [5.41, 5.74) is 1.58. The van der Waals surface area contributed by atoms with Gasteiger partial charge in [-0.3, -0.25) is 10.1 Å². The Labute approximate surface area is 121 Å². The molecule has 1 aromatic rings. The minimum atomic E-state index is -3.77. The number of nitrogens with zero attached hydrogens (tertiary/aromatic N) is 2. The lowest BCUT2D eigenvalue weighted by Gasteiger charge is -2.25. The molecule has 0 spiro atoms. The average molecular weight is 322 g/mol. The van der Waals surface area contributed by atoms with Crippen molar-refractivity contribution in [3.63, 3.8) is 0 Å². The molecule has 0 fully saturated rings. The molecule has 0 bridgehead atoms. The highest BCUT2D eigenvalue weighted by atomic mass is 32.2. The van der Waals surface area contributed by atoms with Gasteiger partial charge < -0.3 is 5.43 Å². The van der Waals surface area contributed by atoms with Crippen molar-refractivity contribution in [2.24, 2.45) is 11.3 Å². The van der Waals surface area contributed by atoms with Crippen LogP contribution in [0, 0.1) is 15.5 Å². The van der Waals surface area contributed by atoms with E-state index < -0.39 is 14.9 Å². The Morgan fingerprint density at radius 1 is 1.50 bits per heavy atom. The van der Waals surface area contributed by atoms with Crippen molar-refractivity contribution in [1.82, 2.24) is 4.31 Å². The maximum Gasteiger partial charge on any atom is 0.306 e. The molecule has 1 rings (SSSR count). The third-order valence-electron chi connectivity index (χ3n) is 2.38. The van der Waals surface area contributed by atoms with Crippen LogP contribution in [0.5, 0.6) is 0 Å². The molecule has 0 amide bonds. The number of nitrogen functional groups attached to an aromatic ring is 1.